The first-order chi connectivity index (χ1) is 8.69. The van der Waals surface area contributed by atoms with Crippen LogP contribution in [0.3, 0.4) is 0 Å². The second-order valence-electron chi connectivity index (χ2n) is 3.97. The molecule has 0 amide bonds. The molecule has 0 saturated carbocycles. The summed E-state index contributed by atoms with van der Waals surface area (Å²) < 4.78 is 0. The Morgan fingerprint density at radius 2 is 1.94 bits per heavy atom. The summed E-state index contributed by atoms with van der Waals surface area (Å²) in [4.78, 5) is 10.4. The van der Waals surface area contributed by atoms with Crippen LogP contribution >= 0.6 is 0 Å². The molecule has 0 atom stereocenters. The first-order valence-electron chi connectivity index (χ1n) is 5.45. The van der Waals surface area contributed by atoms with Crippen molar-refractivity contribution in [2.24, 2.45) is 0 Å². The van der Waals surface area contributed by atoms with E-state index in [4.69, 9.17) is 5.26 Å². The molecule has 90 valence electrons. The van der Waals surface area contributed by atoms with E-state index in [0.29, 0.717) is 11.4 Å². The molecule has 0 fully saturated rings. The van der Waals surface area contributed by atoms with Crippen molar-refractivity contribution in [1.29, 1.82) is 5.26 Å². The molecular weight excluding hydrogens is 226 g/mol. The van der Waals surface area contributed by atoms with Gasteiger partial charge in [0.15, 0.2) is 0 Å². The maximum absolute atomic E-state index is 8.68. The molecule has 2 aromatic heterocycles. The molecule has 2 aromatic rings. The van der Waals surface area contributed by atoms with Crippen LogP contribution in [0, 0.1) is 11.3 Å². The second kappa shape index (κ2) is 5.15. The molecule has 0 aromatic carbocycles. The molecule has 0 unspecified atom stereocenters. The monoisotopic (exact) mass is 239 g/mol. The standard InChI is InChI=1S/C13H13N5/c1-18(2)13-6-4-11(9-16-13)17-12-5-3-10(7-14)8-15-12/h3-6,8-9H,1-2H3,(H,15,17). The average molecular weight is 239 g/mol. The van der Waals surface area contributed by atoms with Crippen molar-refractivity contribution < 1.29 is 0 Å². The summed E-state index contributed by atoms with van der Waals surface area (Å²) in [6.45, 7) is 0. The van der Waals surface area contributed by atoms with Gasteiger partial charge in [0.05, 0.1) is 17.4 Å². The molecule has 0 aliphatic carbocycles. The molecule has 2 heterocycles. The quantitative estimate of drug-likeness (QED) is 0.889. The molecule has 1 N–H and O–H groups in total. The lowest BCUT2D eigenvalue weighted by molar-refractivity contribution is 1.07. The van der Waals surface area contributed by atoms with Gasteiger partial charge in [0.25, 0.3) is 0 Å². The Hall–Kier alpha value is -2.61. The highest BCUT2D eigenvalue weighted by Crippen LogP contribution is 2.16. The van der Waals surface area contributed by atoms with Crippen LogP contribution in [-0.4, -0.2) is 24.1 Å². The van der Waals surface area contributed by atoms with E-state index in [1.807, 2.05) is 37.2 Å². The van der Waals surface area contributed by atoms with Gasteiger partial charge in [-0.15, -0.1) is 0 Å². The zero-order valence-corrected chi connectivity index (χ0v) is 10.3. The van der Waals surface area contributed by atoms with Crippen molar-refractivity contribution in [1.82, 2.24) is 9.97 Å². The minimum atomic E-state index is 0.543. The highest BCUT2D eigenvalue weighted by Gasteiger charge is 1.99. The van der Waals surface area contributed by atoms with E-state index in [1.165, 1.54) is 6.20 Å². The summed E-state index contributed by atoms with van der Waals surface area (Å²) in [5.41, 5.74) is 1.40. The van der Waals surface area contributed by atoms with Gasteiger partial charge in [-0.2, -0.15) is 5.26 Å². The van der Waals surface area contributed by atoms with E-state index in [-0.39, 0.29) is 0 Å². The fraction of sp³-hybridized carbons (Fsp3) is 0.154. The van der Waals surface area contributed by atoms with Crippen molar-refractivity contribution in [3.63, 3.8) is 0 Å². The van der Waals surface area contributed by atoms with Gasteiger partial charge in [-0.25, -0.2) is 9.97 Å². The molecular formula is C13H13N5. The molecule has 0 spiro atoms. The highest BCUT2D eigenvalue weighted by molar-refractivity contribution is 5.57. The van der Waals surface area contributed by atoms with Crippen LogP contribution in [0.25, 0.3) is 0 Å². The van der Waals surface area contributed by atoms with Gasteiger partial charge in [0.1, 0.15) is 17.7 Å². The number of pyridine rings is 2. The third-order valence-electron chi connectivity index (χ3n) is 2.37. The van der Waals surface area contributed by atoms with Crippen LogP contribution in [-0.2, 0) is 0 Å². The predicted molar refractivity (Wildman–Crippen MR) is 70.8 cm³/mol. The van der Waals surface area contributed by atoms with E-state index in [2.05, 4.69) is 15.3 Å². The summed E-state index contributed by atoms with van der Waals surface area (Å²) in [5, 5.41) is 11.8. The van der Waals surface area contributed by atoms with E-state index in [1.54, 1.807) is 18.3 Å². The third-order valence-corrected chi connectivity index (χ3v) is 2.37. The number of rotatable bonds is 3. The number of hydrogen-bond donors (Lipinski definition) is 1. The average Bonchev–Trinajstić information content (AvgIpc) is 2.40. The van der Waals surface area contributed by atoms with Crippen LogP contribution in [0.2, 0.25) is 0 Å². The summed E-state index contributed by atoms with van der Waals surface area (Å²) in [6, 6.07) is 9.37. The van der Waals surface area contributed by atoms with Crippen molar-refractivity contribution in [3.8, 4) is 6.07 Å². The SMILES string of the molecule is CN(C)c1ccc(Nc2ccc(C#N)cn2)cn1. The maximum atomic E-state index is 8.68. The van der Waals surface area contributed by atoms with E-state index >= 15 is 0 Å². The summed E-state index contributed by atoms with van der Waals surface area (Å²) in [7, 11) is 3.88. The Bertz CT molecular complexity index is 551. The van der Waals surface area contributed by atoms with Crippen LogP contribution in [0.1, 0.15) is 5.56 Å². The fourth-order valence-electron chi connectivity index (χ4n) is 1.41. The van der Waals surface area contributed by atoms with Crippen LogP contribution in [0.15, 0.2) is 36.7 Å². The van der Waals surface area contributed by atoms with Crippen molar-refractivity contribution in [2.45, 2.75) is 0 Å². The van der Waals surface area contributed by atoms with Gasteiger partial charge in [-0.05, 0) is 24.3 Å². The van der Waals surface area contributed by atoms with Gasteiger partial charge in [-0.3, -0.25) is 0 Å². The lowest BCUT2D eigenvalue weighted by Gasteiger charge is -2.11. The lowest BCUT2D eigenvalue weighted by atomic mass is 10.3. The van der Waals surface area contributed by atoms with Gasteiger partial charge in [-0.1, -0.05) is 0 Å². The van der Waals surface area contributed by atoms with E-state index in [0.717, 1.165) is 11.5 Å². The summed E-state index contributed by atoms with van der Waals surface area (Å²) >= 11 is 0. The Labute approximate surface area is 106 Å². The molecule has 0 bridgehead atoms. The molecule has 0 aliphatic rings. The Morgan fingerprint density at radius 3 is 2.44 bits per heavy atom. The van der Waals surface area contributed by atoms with Gasteiger partial charge >= 0.3 is 0 Å². The van der Waals surface area contributed by atoms with Crippen LogP contribution in [0.5, 0.6) is 0 Å². The number of aromatic nitrogens is 2. The number of anilines is 3. The number of nitrogens with one attached hydrogen (secondary N) is 1. The molecule has 18 heavy (non-hydrogen) atoms. The van der Waals surface area contributed by atoms with Gasteiger partial charge in [0, 0.05) is 20.3 Å². The zero-order valence-electron chi connectivity index (χ0n) is 10.3. The highest BCUT2D eigenvalue weighted by atomic mass is 15.1. The van der Waals surface area contributed by atoms with Gasteiger partial charge in [0.2, 0.25) is 0 Å². The third kappa shape index (κ3) is 2.74. The zero-order chi connectivity index (χ0) is 13.0. The van der Waals surface area contributed by atoms with E-state index < -0.39 is 0 Å². The number of nitriles is 1. The van der Waals surface area contributed by atoms with Crippen LogP contribution < -0.4 is 10.2 Å². The summed E-state index contributed by atoms with van der Waals surface area (Å²) in [5.74, 6) is 1.58. The molecule has 5 heteroatoms. The molecule has 0 aliphatic heterocycles. The smallest absolute Gasteiger partial charge is 0.130 e. The Morgan fingerprint density at radius 1 is 1.11 bits per heavy atom. The van der Waals surface area contributed by atoms with Crippen molar-refractivity contribution in [2.75, 3.05) is 24.3 Å². The topological polar surface area (TPSA) is 64.8 Å². The Kier molecular flexibility index (Phi) is 3.39. The largest absolute Gasteiger partial charge is 0.363 e. The lowest BCUT2D eigenvalue weighted by Crippen LogP contribution is -2.10. The van der Waals surface area contributed by atoms with E-state index in [9.17, 15) is 0 Å². The maximum Gasteiger partial charge on any atom is 0.130 e. The number of hydrogen-bond acceptors (Lipinski definition) is 5. The number of nitrogens with zero attached hydrogens (tertiary/aromatic N) is 4. The van der Waals surface area contributed by atoms with Crippen molar-refractivity contribution in [3.05, 3.63) is 42.2 Å². The van der Waals surface area contributed by atoms with Crippen LogP contribution in [0.4, 0.5) is 17.3 Å². The normalized spacial score (nSPS) is 9.61. The molecule has 0 saturated heterocycles. The molecule has 5 nitrogen and oxygen atoms in total. The predicted octanol–water partition coefficient (Wildman–Crippen LogP) is 2.16. The minimum absolute atomic E-state index is 0.543. The Balaban J connectivity index is 2.11. The second-order valence-corrected chi connectivity index (χ2v) is 3.97. The van der Waals surface area contributed by atoms with Gasteiger partial charge < -0.3 is 10.2 Å². The van der Waals surface area contributed by atoms with Crippen molar-refractivity contribution >= 4 is 17.3 Å². The fourth-order valence-corrected chi connectivity index (χ4v) is 1.41. The summed E-state index contributed by atoms with van der Waals surface area (Å²) in [6.07, 6.45) is 3.28. The first-order valence-corrected chi connectivity index (χ1v) is 5.45. The first kappa shape index (κ1) is 11.9. The molecule has 0 radical (unpaired) electrons. The molecule has 2 rings (SSSR count). The minimum Gasteiger partial charge on any atom is -0.363 e.